The molecule has 1 saturated heterocycles. The number of sulfonamides is 1. The third-order valence-corrected chi connectivity index (χ3v) is 5.93. The molecule has 1 aromatic heterocycles. The van der Waals surface area contributed by atoms with Crippen molar-refractivity contribution in [2.45, 2.75) is 31.3 Å². The molecule has 1 aromatic carbocycles. The maximum Gasteiger partial charge on any atom is 0.243 e. The molecule has 0 bridgehead atoms. The van der Waals surface area contributed by atoms with Crippen LogP contribution in [-0.4, -0.2) is 43.5 Å². The molecule has 1 aliphatic heterocycles. The van der Waals surface area contributed by atoms with Crippen LogP contribution in [0.3, 0.4) is 0 Å². The fourth-order valence-corrected chi connectivity index (χ4v) is 4.22. The van der Waals surface area contributed by atoms with E-state index in [1.54, 1.807) is 36.5 Å². The highest BCUT2D eigenvalue weighted by atomic mass is 32.2. The Bertz CT molecular complexity index is 804. The summed E-state index contributed by atoms with van der Waals surface area (Å²) < 4.78 is 38.1. The summed E-state index contributed by atoms with van der Waals surface area (Å²) in [6, 6.07) is 10.2. The highest BCUT2D eigenvalue weighted by molar-refractivity contribution is 7.89. The minimum absolute atomic E-state index is 0.187. The molecule has 0 aliphatic carbocycles. The van der Waals surface area contributed by atoms with Gasteiger partial charge in [-0.1, -0.05) is 6.07 Å². The highest BCUT2D eigenvalue weighted by Crippen LogP contribution is 2.25. The summed E-state index contributed by atoms with van der Waals surface area (Å²) in [5.41, 5.74) is 1.05. The van der Waals surface area contributed by atoms with Gasteiger partial charge in [-0.2, -0.15) is 4.31 Å². The van der Waals surface area contributed by atoms with Gasteiger partial charge in [0.2, 0.25) is 15.9 Å². The van der Waals surface area contributed by atoms with Gasteiger partial charge in [0.25, 0.3) is 0 Å². The molecule has 2 heterocycles. The van der Waals surface area contributed by atoms with Crippen LogP contribution in [0.4, 0.5) is 0 Å². The van der Waals surface area contributed by atoms with Gasteiger partial charge in [-0.05, 0) is 50.1 Å². The first-order valence-corrected chi connectivity index (χ1v) is 9.75. The van der Waals surface area contributed by atoms with Crippen LogP contribution in [0.5, 0.6) is 11.6 Å². The number of aromatic nitrogens is 1. The van der Waals surface area contributed by atoms with Gasteiger partial charge in [0.05, 0.1) is 18.0 Å². The lowest BCUT2D eigenvalue weighted by Gasteiger charge is -2.17. The molecule has 1 atom stereocenters. The minimum atomic E-state index is -3.52. The Morgan fingerprint density at radius 3 is 2.60 bits per heavy atom. The lowest BCUT2D eigenvalue weighted by atomic mass is 10.3. The summed E-state index contributed by atoms with van der Waals surface area (Å²) in [7, 11) is -3.52. The van der Waals surface area contributed by atoms with Gasteiger partial charge < -0.3 is 9.47 Å². The van der Waals surface area contributed by atoms with E-state index < -0.39 is 10.0 Å². The third kappa shape index (κ3) is 4.11. The first-order chi connectivity index (χ1) is 12.0. The Labute approximate surface area is 148 Å². The molecular weight excluding hydrogens is 340 g/mol. The minimum Gasteiger partial charge on any atom is -0.494 e. The maximum absolute atomic E-state index is 12.8. The van der Waals surface area contributed by atoms with Crippen molar-refractivity contribution in [3.8, 4) is 11.6 Å². The van der Waals surface area contributed by atoms with Crippen LogP contribution in [0, 0.1) is 6.92 Å². The van der Waals surface area contributed by atoms with Crippen molar-refractivity contribution in [3.63, 3.8) is 0 Å². The first-order valence-electron chi connectivity index (χ1n) is 8.31. The quantitative estimate of drug-likeness (QED) is 0.790. The fourth-order valence-electron chi connectivity index (χ4n) is 2.73. The Hall–Kier alpha value is -2.12. The van der Waals surface area contributed by atoms with E-state index in [1.807, 2.05) is 19.9 Å². The lowest BCUT2D eigenvalue weighted by Crippen LogP contribution is -2.31. The van der Waals surface area contributed by atoms with Crippen molar-refractivity contribution in [3.05, 3.63) is 48.2 Å². The fraction of sp³-hybridized carbons (Fsp3) is 0.389. The second-order valence-electron chi connectivity index (χ2n) is 5.97. The molecule has 3 rings (SSSR count). The molecule has 0 amide bonds. The van der Waals surface area contributed by atoms with Crippen molar-refractivity contribution in [2.75, 3.05) is 19.7 Å². The molecule has 134 valence electrons. The average Bonchev–Trinajstić information content (AvgIpc) is 3.07. The Kier molecular flexibility index (Phi) is 5.24. The summed E-state index contributed by atoms with van der Waals surface area (Å²) in [5.74, 6) is 1.19. The molecule has 0 radical (unpaired) electrons. The summed E-state index contributed by atoms with van der Waals surface area (Å²) in [5, 5.41) is 0. The van der Waals surface area contributed by atoms with E-state index in [2.05, 4.69) is 4.98 Å². The molecule has 2 aromatic rings. The van der Waals surface area contributed by atoms with Crippen molar-refractivity contribution in [1.29, 1.82) is 0 Å². The topological polar surface area (TPSA) is 68.7 Å². The average molecular weight is 362 g/mol. The second-order valence-corrected chi connectivity index (χ2v) is 7.91. The van der Waals surface area contributed by atoms with Crippen LogP contribution >= 0.6 is 0 Å². The van der Waals surface area contributed by atoms with Crippen LogP contribution in [0.25, 0.3) is 0 Å². The normalized spacial score (nSPS) is 18.2. The van der Waals surface area contributed by atoms with Crippen LogP contribution < -0.4 is 9.47 Å². The number of hydrogen-bond acceptors (Lipinski definition) is 5. The molecule has 1 aliphatic rings. The van der Waals surface area contributed by atoms with Gasteiger partial charge in [0, 0.05) is 18.8 Å². The van der Waals surface area contributed by atoms with Crippen LogP contribution in [0.1, 0.15) is 18.9 Å². The van der Waals surface area contributed by atoms with Gasteiger partial charge in [0.15, 0.2) is 0 Å². The lowest BCUT2D eigenvalue weighted by molar-refractivity contribution is 0.207. The highest BCUT2D eigenvalue weighted by Gasteiger charge is 2.33. The third-order valence-electron chi connectivity index (χ3n) is 4.05. The molecule has 0 spiro atoms. The smallest absolute Gasteiger partial charge is 0.243 e. The standard InChI is InChI=1S/C18H22N2O4S/c1-3-23-15-5-7-17(8-6-15)25(21,22)20-11-10-16(13-20)24-18-9-4-14(2)12-19-18/h4-9,12,16H,3,10-11,13H2,1-2H3. The zero-order valence-corrected chi connectivity index (χ0v) is 15.2. The molecule has 6 nitrogen and oxygen atoms in total. The zero-order valence-electron chi connectivity index (χ0n) is 14.4. The van der Waals surface area contributed by atoms with Crippen molar-refractivity contribution in [1.82, 2.24) is 9.29 Å². The molecule has 1 fully saturated rings. The summed E-state index contributed by atoms with van der Waals surface area (Å²) >= 11 is 0. The first kappa shape index (κ1) is 17.7. The molecule has 0 N–H and O–H groups in total. The van der Waals surface area contributed by atoms with Crippen molar-refractivity contribution < 1.29 is 17.9 Å². The molecular formula is C18H22N2O4S. The Morgan fingerprint density at radius 2 is 1.96 bits per heavy atom. The van der Waals surface area contributed by atoms with Crippen LogP contribution in [0.2, 0.25) is 0 Å². The zero-order chi connectivity index (χ0) is 17.9. The Balaban J connectivity index is 1.66. The van der Waals surface area contributed by atoms with E-state index in [0.717, 1.165) is 5.56 Å². The molecule has 0 saturated carbocycles. The van der Waals surface area contributed by atoms with Crippen LogP contribution in [0.15, 0.2) is 47.5 Å². The van der Waals surface area contributed by atoms with Gasteiger partial charge >= 0.3 is 0 Å². The van der Waals surface area contributed by atoms with E-state index in [0.29, 0.717) is 37.7 Å². The molecule has 7 heteroatoms. The molecule has 25 heavy (non-hydrogen) atoms. The van der Waals surface area contributed by atoms with Gasteiger partial charge in [-0.3, -0.25) is 0 Å². The van der Waals surface area contributed by atoms with Crippen LogP contribution in [-0.2, 0) is 10.0 Å². The number of benzene rings is 1. The SMILES string of the molecule is CCOc1ccc(S(=O)(=O)N2CCC(Oc3ccc(C)cn3)C2)cc1. The van der Waals surface area contributed by atoms with Gasteiger partial charge in [-0.15, -0.1) is 0 Å². The Morgan fingerprint density at radius 1 is 1.20 bits per heavy atom. The largest absolute Gasteiger partial charge is 0.494 e. The van der Waals surface area contributed by atoms with E-state index in [4.69, 9.17) is 9.47 Å². The van der Waals surface area contributed by atoms with E-state index in [1.165, 1.54) is 4.31 Å². The van der Waals surface area contributed by atoms with E-state index in [-0.39, 0.29) is 11.0 Å². The number of hydrogen-bond donors (Lipinski definition) is 0. The predicted molar refractivity (Wildman–Crippen MR) is 94.4 cm³/mol. The number of nitrogens with zero attached hydrogens (tertiary/aromatic N) is 2. The van der Waals surface area contributed by atoms with Crippen molar-refractivity contribution >= 4 is 10.0 Å². The van der Waals surface area contributed by atoms with E-state index in [9.17, 15) is 8.42 Å². The monoisotopic (exact) mass is 362 g/mol. The number of pyridine rings is 1. The maximum atomic E-state index is 12.8. The number of ether oxygens (including phenoxy) is 2. The second kappa shape index (κ2) is 7.41. The number of rotatable bonds is 6. The van der Waals surface area contributed by atoms with Gasteiger partial charge in [-0.25, -0.2) is 13.4 Å². The number of aryl methyl sites for hydroxylation is 1. The summed E-state index contributed by atoms with van der Waals surface area (Å²) in [6.45, 7) is 5.15. The van der Waals surface area contributed by atoms with Gasteiger partial charge in [0.1, 0.15) is 11.9 Å². The predicted octanol–water partition coefficient (Wildman–Crippen LogP) is 2.63. The molecule has 1 unspecified atom stereocenters. The van der Waals surface area contributed by atoms with E-state index >= 15 is 0 Å². The summed E-state index contributed by atoms with van der Waals surface area (Å²) in [6.07, 6.45) is 2.19. The van der Waals surface area contributed by atoms with Crippen molar-refractivity contribution in [2.24, 2.45) is 0 Å². The summed E-state index contributed by atoms with van der Waals surface area (Å²) in [4.78, 5) is 4.48.